The van der Waals surface area contributed by atoms with Crippen molar-refractivity contribution in [3.05, 3.63) is 96.3 Å². The van der Waals surface area contributed by atoms with Gasteiger partial charge in [-0.05, 0) is 98.2 Å². The fraction of sp³-hybridized carbons (Fsp3) is 0.341. The Labute approximate surface area is 291 Å². The molecule has 0 bridgehead atoms. The first-order valence-corrected chi connectivity index (χ1v) is 17.8. The van der Waals surface area contributed by atoms with Crippen LogP contribution in [0.5, 0.6) is 0 Å². The van der Waals surface area contributed by atoms with Crippen LogP contribution in [0.1, 0.15) is 62.9 Å². The number of nitrogen functional groups attached to an aromatic ring is 1. The van der Waals surface area contributed by atoms with Gasteiger partial charge in [-0.25, -0.2) is 15.0 Å². The lowest BCUT2D eigenvalue weighted by molar-refractivity contribution is 0.0666. The molecular formula is C41H43N5O4. The molecule has 0 atom stereocenters. The number of hydrogen-bond donors (Lipinski definition) is 1. The number of oxazole rings is 2. The lowest BCUT2D eigenvalue weighted by atomic mass is 9.91. The lowest BCUT2D eigenvalue weighted by Crippen LogP contribution is -2.21. The van der Waals surface area contributed by atoms with E-state index >= 15 is 0 Å². The second kappa shape index (κ2) is 14.1. The number of rotatable bonds is 6. The zero-order valence-electron chi connectivity index (χ0n) is 28.7. The highest BCUT2D eigenvalue weighted by molar-refractivity contribution is 5.83. The maximum atomic E-state index is 6.27. The third kappa shape index (κ3) is 6.63. The molecule has 0 saturated carbocycles. The summed E-state index contributed by atoms with van der Waals surface area (Å²) in [4.78, 5) is 14.1. The largest absolute Gasteiger partial charge is 0.436 e. The van der Waals surface area contributed by atoms with Crippen LogP contribution < -0.4 is 5.73 Å². The molecule has 9 nitrogen and oxygen atoms in total. The summed E-state index contributed by atoms with van der Waals surface area (Å²) in [5, 5.41) is 0. The number of ether oxygens (including phenoxy) is 2. The first-order chi connectivity index (χ1) is 24.5. The quantitative estimate of drug-likeness (QED) is 0.174. The van der Waals surface area contributed by atoms with Crippen LogP contribution in [0.4, 0.5) is 5.69 Å². The zero-order chi connectivity index (χ0) is 34.0. The van der Waals surface area contributed by atoms with Gasteiger partial charge >= 0.3 is 0 Å². The molecular weight excluding hydrogens is 626 g/mol. The minimum atomic E-state index is 0.369. The van der Waals surface area contributed by atoms with E-state index in [9.17, 15) is 0 Å². The van der Waals surface area contributed by atoms with Crippen molar-refractivity contribution < 1.29 is 18.3 Å². The summed E-state index contributed by atoms with van der Waals surface area (Å²) >= 11 is 0. The lowest BCUT2D eigenvalue weighted by Gasteiger charge is -2.26. The van der Waals surface area contributed by atoms with Gasteiger partial charge < -0.3 is 28.6 Å². The first-order valence-electron chi connectivity index (χ1n) is 17.8. The summed E-state index contributed by atoms with van der Waals surface area (Å²) < 4.78 is 25.2. The van der Waals surface area contributed by atoms with Crippen molar-refractivity contribution in [2.75, 3.05) is 32.2 Å². The van der Waals surface area contributed by atoms with Crippen molar-refractivity contribution in [1.29, 1.82) is 0 Å². The predicted octanol–water partition coefficient (Wildman–Crippen LogP) is 9.37. The van der Waals surface area contributed by atoms with Crippen LogP contribution >= 0.6 is 0 Å². The van der Waals surface area contributed by atoms with Gasteiger partial charge in [0.1, 0.15) is 16.9 Å². The van der Waals surface area contributed by atoms with E-state index < -0.39 is 0 Å². The third-order valence-electron chi connectivity index (χ3n) is 9.87. The molecule has 4 aromatic carbocycles. The van der Waals surface area contributed by atoms with E-state index in [0.29, 0.717) is 29.7 Å². The Kier molecular flexibility index (Phi) is 9.08. The van der Waals surface area contributed by atoms with E-state index in [1.165, 1.54) is 11.1 Å². The molecule has 0 amide bonds. The van der Waals surface area contributed by atoms with Crippen LogP contribution in [0.3, 0.4) is 0 Å². The Morgan fingerprint density at radius 3 is 1.86 bits per heavy atom. The summed E-state index contributed by atoms with van der Waals surface area (Å²) in [6, 6.07) is 28.6. The van der Waals surface area contributed by atoms with E-state index in [2.05, 4.69) is 58.7 Å². The Balaban J connectivity index is 0.000000146. The van der Waals surface area contributed by atoms with Crippen molar-refractivity contribution in [1.82, 2.24) is 19.5 Å². The van der Waals surface area contributed by atoms with Gasteiger partial charge in [0.2, 0.25) is 11.8 Å². The number of nitrogens with zero attached hydrogens (tertiary/aromatic N) is 4. The van der Waals surface area contributed by atoms with Gasteiger partial charge in [-0.2, -0.15) is 0 Å². The van der Waals surface area contributed by atoms with Gasteiger partial charge in [0.05, 0.1) is 11.0 Å². The summed E-state index contributed by atoms with van der Waals surface area (Å²) in [5.41, 5.74) is 15.7. The Morgan fingerprint density at radius 2 is 1.26 bits per heavy atom. The van der Waals surface area contributed by atoms with Crippen molar-refractivity contribution >= 4 is 38.9 Å². The molecule has 50 heavy (non-hydrogen) atoms. The van der Waals surface area contributed by atoms with Crippen molar-refractivity contribution in [3.8, 4) is 22.9 Å². The van der Waals surface area contributed by atoms with Crippen LogP contribution in [0.2, 0.25) is 0 Å². The Hall–Kier alpha value is -4.99. The predicted molar refractivity (Wildman–Crippen MR) is 197 cm³/mol. The fourth-order valence-electron chi connectivity index (χ4n) is 7.15. The van der Waals surface area contributed by atoms with Crippen LogP contribution in [0.15, 0.2) is 93.8 Å². The monoisotopic (exact) mass is 669 g/mol. The Morgan fingerprint density at radius 1 is 0.680 bits per heavy atom. The minimum Gasteiger partial charge on any atom is -0.436 e. The molecule has 0 radical (unpaired) electrons. The van der Waals surface area contributed by atoms with Gasteiger partial charge in [0.15, 0.2) is 11.2 Å². The first kappa shape index (κ1) is 32.2. The number of hydrogen-bond acceptors (Lipinski definition) is 8. The van der Waals surface area contributed by atoms with Crippen LogP contribution in [0, 0.1) is 5.92 Å². The molecule has 2 aliphatic rings. The molecule has 0 aliphatic carbocycles. The normalized spacial score (nSPS) is 16.0. The van der Waals surface area contributed by atoms with E-state index in [1.54, 1.807) is 0 Å². The SMILES string of the molecule is CC(C)c1nc2cc(-c3nc4ccccc4o3)ccc2n1C1CCOCC1.Nc1cc(-c2nc3ccccc3o2)ccc1CC1CCOCC1. The molecule has 9 heteroatoms. The number of aromatic nitrogens is 4. The summed E-state index contributed by atoms with van der Waals surface area (Å²) in [5.74, 6) is 3.45. The summed E-state index contributed by atoms with van der Waals surface area (Å²) in [7, 11) is 0. The Bertz CT molecular complexity index is 2170. The maximum absolute atomic E-state index is 6.27. The van der Waals surface area contributed by atoms with Crippen molar-refractivity contribution in [2.24, 2.45) is 5.92 Å². The van der Waals surface area contributed by atoms with E-state index in [1.807, 2.05) is 54.6 Å². The second-order valence-corrected chi connectivity index (χ2v) is 13.7. The number of imidazole rings is 1. The average Bonchev–Trinajstić information content (AvgIpc) is 3.89. The highest BCUT2D eigenvalue weighted by Crippen LogP contribution is 2.34. The molecule has 7 aromatic rings. The summed E-state index contributed by atoms with van der Waals surface area (Å²) in [6.45, 7) is 7.79. The van der Waals surface area contributed by atoms with Gasteiger partial charge in [-0.3, -0.25) is 0 Å². The number of fused-ring (bicyclic) bond motifs is 3. The molecule has 0 unspecified atom stereocenters. The standard InChI is InChI=1S/C22H23N3O2.C19H20N2O2/c1-14(2)21-23-18-13-15(22-24-17-5-3-4-6-20(17)27-22)7-8-19(18)25(21)16-9-11-26-12-10-16;20-16-12-15(19-21-17-3-1-2-4-18(17)23-19)6-5-14(16)11-13-7-9-22-10-8-13/h3-8,13-14,16H,9-12H2,1-2H3;1-6,12-13H,7-11,20H2. The maximum Gasteiger partial charge on any atom is 0.227 e. The summed E-state index contributed by atoms with van der Waals surface area (Å²) in [6.07, 6.45) is 5.33. The van der Waals surface area contributed by atoms with Crippen LogP contribution in [-0.4, -0.2) is 45.9 Å². The number of para-hydroxylation sites is 4. The van der Waals surface area contributed by atoms with Crippen LogP contribution in [0.25, 0.3) is 56.1 Å². The number of anilines is 1. The van der Waals surface area contributed by atoms with Gasteiger partial charge in [0, 0.05) is 55.2 Å². The molecule has 256 valence electrons. The second-order valence-electron chi connectivity index (χ2n) is 13.7. The minimum absolute atomic E-state index is 0.369. The van der Waals surface area contributed by atoms with Crippen LogP contribution in [-0.2, 0) is 15.9 Å². The van der Waals surface area contributed by atoms with E-state index in [0.717, 1.165) is 109 Å². The fourth-order valence-corrected chi connectivity index (χ4v) is 7.15. The molecule has 3 aromatic heterocycles. The molecule has 9 rings (SSSR count). The number of benzene rings is 4. The molecule has 2 N–H and O–H groups in total. The zero-order valence-corrected chi connectivity index (χ0v) is 28.7. The van der Waals surface area contributed by atoms with E-state index in [-0.39, 0.29) is 0 Å². The topological polar surface area (TPSA) is 114 Å². The van der Waals surface area contributed by atoms with Crippen molar-refractivity contribution in [2.45, 2.75) is 57.9 Å². The highest BCUT2D eigenvalue weighted by atomic mass is 16.5. The molecule has 2 saturated heterocycles. The van der Waals surface area contributed by atoms with Gasteiger partial charge in [-0.15, -0.1) is 0 Å². The van der Waals surface area contributed by atoms with Crippen molar-refractivity contribution in [3.63, 3.8) is 0 Å². The highest BCUT2D eigenvalue weighted by Gasteiger charge is 2.24. The third-order valence-corrected chi connectivity index (χ3v) is 9.87. The van der Waals surface area contributed by atoms with Gasteiger partial charge in [-0.1, -0.05) is 44.2 Å². The average molecular weight is 670 g/mol. The molecule has 2 fully saturated rings. The molecule has 5 heterocycles. The molecule has 2 aliphatic heterocycles. The number of nitrogens with two attached hydrogens (primary N) is 1. The van der Waals surface area contributed by atoms with Gasteiger partial charge in [0.25, 0.3) is 0 Å². The smallest absolute Gasteiger partial charge is 0.227 e. The molecule has 0 spiro atoms. The van der Waals surface area contributed by atoms with E-state index in [4.69, 9.17) is 29.0 Å².